The van der Waals surface area contributed by atoms with Gasteiger partial charge in [0.05, 0.1) is 29.9 Å². The molecule has 19 heavy (non-hydrogen) atoms. The van der Waals surface area contributed by atoms with Crippen molar-refractivity contribution in [2.75, 3.05) is 0 Å². The highest BCUT2D eigenvalue weighted by Crippen LogP contribution is 2.17. The SMILES string of the molecule is O=C(Cc1ccccc1[N+](=O)[O-])NCc1cnc[nH]1. The Bertz CT molecular complexity index is 580. The van der Waals surface area contributed by atoms with Crippen LogP contribution in [0.15, 0.2) is 36.8 Å². The van der Waals surface area contributed by atoms with Gasteiger partial charge in [-0.1, -0.05) is 18.2 Å². The van der Waals surface area contributed by atoms with Crippen LogP contribution in [0.1, 0.15) is 11.3 Å². The molecule has 2 rings (SSSR count). The molecule has 0 saturated heterocycles. The van der Waals surface area contributed by atoms with Crippen LogP contribution in [0.25, 0.3) is 0 Å². The number of carbonyl (C=O) groups excluding carboxylic acids is 1. The van der Waals surface area contributed by atoms with Gasteiger partial charge in [-0.2, -0.15) is 0 Å². The first-order chi connectivity index (χ1) is 9.16. The van der Waals surface area contributed by atoms with Crippen molar-refractivity contribution < 1.29 is 9.72 Å². The largest absolute Gasteiger partial charge is 0.350 e. The van der Waals surface area contributed by atoms with Gasteiger partial charge < -0.3 is 10.3 Å². The first-order valence-electron chi connectivity index (χ1n) is 5.63. The number of para-hydroxylation sites is 1. The molecule has 0 radical (unpaired) electrons. The highest BCUT2D eigenvalue weighted by atomic mass is 16.6. The van der Waals surface area contributed by atoms with Crippen molar-refractivity contribution in [3.63, 3.8) is 0 Å². The summed E-state index contributed by atoms with van der Waals surface area (Å²) in [4.78, 5) is 28.7. The van der Waals surface area contributed by atoms with Gasteiger partial charge >= 0.3 is 0 Å². The van der Waals surface area contributed by atoms with Gasteiger partial charge in [0.1, 0.15) is 0 Å². The minimum absolute atomic E-state index is 0.0225. The van der Waals surface area contributed by atoms with Crippen LogP contribution in [0.4, 0.5) is 5.69 Å². The lowest BCUT2D eigenvalue weighted by molar-refractivity contribution is -0.385. The molecule has 2 N–H and O–H groups in total. The molecular formula is C12H12N4O3. The van der Waals surface area contributed by atoms with Gasteiger partial charge in [-0.3, -0.25) is 14.9 Å². The molecule has 0 atom stereocenters. The lowest BCUT2D eigenvalue weighted by atomic mass is 10.1. The fourth-order valence-electron chi connectivity index (χ4n) is 1.65. The maximum atomic E-state index is 11.7. The molecule has 7 nitrogen and oxygen atoms in total. The molecule has 0 saturated carbocycles. The van der Waals surface area contributed by atoms with E-state index in [1.165, 1.54) is 12.4 Å². The highest BCUT2D eigenvalue weighted by molar-refractivity contribution is 5.79. The van der Waals surface area contributed by atoms with E-state index in [1.807, 2.05) is 0 Å². The molecule has 0 aliphatic carbocycles. The molecule has 0 aliphatic rings. The van der Waals surface area contributed by atoms with Crippen LogP contribution in [0.5, 0.6) is 0 Å². The Morgan fingerprint density at radius 1 is 1.42 bits per heavy atom. The molecule has 2 aromatic rings. The third kappa shape index (κ3) is 3.38. The number of nitrogens with zero attached hydrogens (tertiary/aromatic N) is 2. The normalized spacial score (nSPS) is 10.1. The monoisotopic (exact) mass is 260 g/mol. The predicted octanol–water partition coefficient (Wildman–Crippen LogP) is 1.18. The Kier molecular flexibility index (Phi) is 3.87. The number of nitro groups is 1. The Morgan fingerprint density at radius 2 is 2.21 bits per heavy atom. The van der Waals surface area contributed by atoms with Crippen LogP contribution in [0.3, 0.4) is 0 Å². The average molecular weight is 260 g/mol. The topological polar surface area (TPSA) is 101 Å². The summed E-state index contributed by atoms with van der Waals surface area (Å²) in [5, 5.41) is 13.5. The third-order valence-electron chi connectivity index (χ3n) is 2.57. The summed E-state index contributed by atoms with van der Waals surface area (Å²) < 4.78 is 0. The molecule has 1 aromatic heterocycles. The van der Waals surface area contributed by atoms with E-state index in [2.05, 4.69) is 15.3 Å². The molecule has 0 bridgehead atoms. The van der Waals surface area contributed by atoms with Crippen molar-refractivity contribution in [1.29, 1.82) is 0 Å². The second-order valence-electron chi connectivity index (χ2n) is 3.92. The standard InChI is InChI=1S/C12H12N4O3/c17-12(14-7-10-6-13-8-15-10)5-9-3-1-2-4-11(9)16(18)19/h1-4,6,8H,5,7H2,(H,13,15)(H,14,17). The molecule has 0 aliphatic heterocycles. The minimum Gasteiger partial charge on any atom is -0.350 e. The quantitative estimate of drug-likeness (QED) is 0.622. The number of carbonyl (C=O) groups is 1. The lowest BCUT2D eigenvalue weighted by Gasteiger charge is -2.04. The summed E-state index contributed by atoms with van der Waals surface area (Å²) in [7, 11) is 0. The number of imidazole rings is 1. The zero-order chi connectivity index (χ0) is 13.7. The summed E-state index contributed by atoms with van der Waals surface area (Å²) in [6.07, 6.45) is 3.10. The number of hydrogen-bond donors (Lipinski definition) is 2. The number of amides is 1. The minimum atomic E-state index is -0.489. The van der Waals surface area contributed by atoms with Crippen LogP contribution < -0.4 is 5.32 Å². The molecule has 1 heterocycles. The second kappa shape index (κ2) is 5.76. The molecule has 98 valence electrons. The summed E-state index contributed by atoms with van der Waals surface area (Å²) in [5.74, 6) is -0.274. The van der Waals surface area contributed by atoms with Gasteiger partial charge in [-0.05, 0) is 0 Å². The van der Waals surface area contributed by atoms with Gasteiger partial charge in [0.25, 0.3) is 5.69 Å². The molecule has 1 aromatic carbocycles. The van der Waals surface area contributed by atoms with Gasteiger partial charge in [0.15, 0.2) is 0 Å². The van der Waals surface area contributed by atoms with E-state index in [9.17, 15) is 14.9 Å². The molecule has 7 heteroatoms. The number of aromatic nitrogens is 2. The fourth-order valence-corrected chi connectivity index (χ4v) is 1.65. The van der Waals surface area contributed by atoms with E-state index >= 15 is 0 Å². The summed E-state index contributed by atoms with van der Waals surface area (Å²) in [6, 6.07) is 6.21. The molecule has 0 fully saturated rings. The first kappa shape index (κ1) is 12.7. The smallest absolute Gasteiger partial charge is 0.273 e. The third-order valence-corrected chi connectivity index (χ3v) is 2.57. The Labute approximate surface area is 108 Å². The van der Waals surface area contributed by atoms with Crippen LogP contribution in [-0.4, -0.2) is 20.8 Å². The van der Waals surface area contributed by atoms with E-state index in [0.29, 0.717) is 12.1 Å². The first-order valence-corrected chi connectivity index (χ1v) is 5.63. The zero-order valence-corrected chi connectivity index (χ0v) is 10.00. The summed E-state index contributed by atoms with van der Waals surface area (Å²) in [6.45, 7) is 0.319. The van der Waals surface area contributed by atoms with Gasteiger partial charge in [0, 0.05) is 17.8 Å². The Hall–Kier alpha value is -2.70. The van der Waals surface area contributed by atoms with Crippen molar-refractivity contribution in [2.45, 2.75) is 13.0 Å². The maximum Gasteiger partial charge on any atom is 0.273 e. The Balaban J connectivity index is 1.97. The van der Waals surface area contributed by atoms with Crippen molar-refractivity contribution in [3.8, 4) is 0 Å². The van der Waals surface area contributed by atoms with E-state index in [-0.39, 0.29) is 18.0 Å². The number of hydrogen-bond acceptors (Lipinski definition) is 4. The van der Waals surface area contributed by atoms with Gasteiger partial charge in [-0.25, -0.2) is 4.98 Å². The number of nitro benzene ring substituents is 1. The highest BCUT2D eigenvalue weighted by Gasteiger charge is 2.15. The number of nitrogens with one attached hydrogen (secondary N) is 2. The molecule has 0 unspecified atom stereocenters. The van der Waals surface area contributed by atoms with Gasteiger partial charge in [-0.15, -0.1) is 0 Å². The Morgan fingerprint density at radius 3 is 2.89 bits per heavy atom. The van der Waals surface area contributed by atoms with E-state index < -0.39 is 4.92 Å². The van der Waals surface area contributed by atoms with Crippen molar-refractivity contribution >= 4 is 11.6 Å². The van der Waals surface area contributed by atoms with E-state index in [4.69, 9.17) is 0 Å². The fraction of sp³-hybridized carbons (Fsp3) is 0.167. The van der Waals surface area contributed by atoms with Crippen LogP contribution in [-0.2, 0) is 17.8 Å². The number of H-pyrrole nitrogens is 1. The van der Waals surface area contributed by atoms with Crippen LogP contribution in [0.2, 0.25) is 0 Å². The maximum absolute atomic E-state index is 11.7. The second-order valence-corrected chi connectivity index (χ2v) is 3.92. The molecule has 1 amide bonds. The number of aromatic amines is 1. The van der Waals surface area contributed by atoms with E-state index in [1.54, 1.807) is 24.4 Å². The van der Waals surface area contributed by atoms with Crippen LogP contribution in [0, 0.1) is 10.1 Å². The van der Waals surface area contributed by atoms with Crippen LogP contribution >= 0.6 is 0 Å². The average Bonchev–Trinajstić information content (AvgIpc) is 2.90. The summed E-state index contributed by atoms with van der Waals surface area (Å²) in [5.41, 5.74) is 1.13. The summed E-state index contributed by atoms with van der Waals surface area (Å²) >= 11 is 0. The zero-order valence-electron chi connectivity index (χ0n) is 10.00. The van der Waals surface area contributed by atoms with Crippen molar-refractivity contribution in [3.05, 3.63) is 58.2 Å². The molecular weight excluding hydrogens is 248 g/mol. The number of rotatable bonds is 5. The number of benzene rings is 1. The van der Waals surface area contributed by atoms with Gasteiger partial charge in [0.2, 0.25) is 5.91 Å². The van der Waals surface area contributed by atoms with Crippen molar-refractivity contribution in [2.24, 2.45) is 0 Å². The van der Waals surface area contributed by atoms with E-state index in [0.717, 1.165) is 5.69 Å². The van der Waals surface area contributed by atoms with Crippen molar-refractivity contribution in [1.82, 2.24) is 15.3 Å². The molecule has 0 spiro atoms. The lowest BCUT2D eigenvalue weighted by Crippen LogP contribution is -2.25. The predicted molar refractivity (Wildman–Crippen MR) is 67.2 cm³/mol.